The van der Waals surface area contributed by atoms with Gasteiger partial charge in [-0.25, -0.2) is 8.42 Å². The summed E-state index contributed by atoms with van der Waals surface area (Å²) in [5, 5.41) is 8.97. The topological polar surface area (TPSA) is 92.7 Å². The minimum absolute atomic E-state index is 0.00581. The number of aliphatic carboxylic acids is 1. The van der Waals surface area contributed by atoms with Crippen molar-refractivity contribution in [3.8, 4) is 5.75 Å². The Kier molecular flexibility index (Phi) is 5.36. The zero-order valence-corrected chi connectivity index (χ0v) is 13.4. The number of hydrogen-bond acceptors (Lipinski definition) is 4. The summed E-state index contributed by atoms with van der Waals surface area (Å²) in [5.74, 6) is -0.311. The van der Waals surface area contributed by atoms with Crippen molar-refractivity contribution in [2.24, 2.45) is 5.92 Å². The Balaban J connectivity index is 2.88. The van der Waals surface area contributed by atoms with Gasteiger partial charge in [-0.2, -0.15) is 4.72 Å². The molecule has 1 aromatic carbocycles. The number of ether oxygens (including phenoxy) is 1. The van der Waals surface area contributed by atoms with Gasteiger partial charge in [-0.1, -0.05) is 13.8 Å². The average Bonchev–Trinajstić information content (AvgIpc) is 2.35. The van der Waals surface area contributed by atoms with Gasteiger partial charge in [0.05, 0.1) is 11.5 Å². The molecule has 6 nitrogen and oxygen atoms in total. The van der Waals surface area contributed by atoms with E-state index in [1.807, 2.05) is 13.8 Å². The van der Waals surface area contributed by atoms with Crippen molar-refractivity contribution in [3.05, 3.63) is 24.3 Å². The van der Waals surface area contributed by atoms with Gasteiger partial charge in [-0.05, 0) is 44.0 Å². The maximum absolute atomic E-state index is 12.1. The molecular formula is C14H21NO5S. The first-order valence-corrected chi connectivity index (χ1v) is 8.03. The fourth-order valence-corrected chi connectivity index (χ4v) is 2.79. The molecule has 1 aromatic rings. The normalized spacial score (nSPS) is 12.4. The standard InChI is InChI=1S/C14H21NO5S/c1-10(2)9-20-11-5-7-12(8-6-11)21(18,19)15-14(3,4)13(16)17/h5-8,10,15H,9H2,1-4H3,(H,16,17). The number of rotatable bonds is 7. The zero-order chi connectivity index (χ0) is 16.3. The third-order valence-corrected chi connectivity index (χ3v) is 4.31. The van der Waals surface area contributed by atoms with Crippen molar-refractivity contribution in [3.63, 3.8) is 0 Å². The fourth-order valence-electron chi connectivity index (χ4n) is 1.42. The molecule has 1 rings (SSSR count). The van der Waals surface area contributed by atoms with Gasteiger partial charge in [0.2, 0.25) is 10.0 Å². The molecule has 0 aliphatic carbocycles. The van der Waals surface area contributed by atoms with Crippen molar-refractivity contribution in [1.29, 1.82) is 0 Å². The van der Waals surface area contributed by atoms with Gasteiger partial charge < -0.3 is 9.84 Å². The first kappa shape index (κ1) is 17.5. The largest absolute Gasteiger partial charge is 0.493 e. The predicted octanol–water partition coefficient (Wildman–Crippen LogP) is 1.86. The highest BCUT2D eigenvalue weighted by atomic mass is 32.2. The highest BCUT2D eigenvalue weighted by molar-refractivity contribution is 7.89. The lowest BCUT2D eigenvalue weighted by molar-refractivity contribution is -0.142. The summed E-state index contributed by atoms with van der Waals surface area (Å²) in [5.41, 5.74) is -1.58. The van der Waals surface area contributed by atoms with Gasteiger partial charge in [0.25, 0.3) is 0 Å². The van der Waals surface area contributed by atoms with Crippen LogP contribution in [0.2, 0.25) is 0 Å². The van der Waals surface area contributed by atoms with E-state index in [1.54, 1.807) is 12.1 Å². The Morgan fingerprint density at radius 3 is 2.24 bits per heavy atom. The minimum Gasteiger partial charge on any atom is -0.493 e. The van der Waals surface area contributed by atoms with E-state index in [4.69, 9.17) is 9.84 Å². The highest BCUT2D eigenvalue weighted by Gasteiger charge is 2.32. The average molecular weight is 315 g/mol. The summed E-state index contributed by atoms with van der Waals surface area (Å²) in [6, 6.07) is 5.86. The Bertz CT molecular complexity index is 590. The molecule has 0 aliphatic rings. The number of carboxylic acid groups (broad SMARTS) is 1. The lowest BCUT2D eigenvalue weighted by Gasteiger charge is -2.20. The number of carbonyl (C=O) groups is 1. The number of sulfonamides is 1. The molecule has 0 fully saturated rings. The van der Waals surface area contributed by atoms with Crippen molar-refractivity contribution >= 4 is 16.0 Å². The van der Waals surface area contributed by atoms with Crippen molar-refractivity contribution in [2.45, 2.75) is 38.1 Å². The SMILES string of the molecule is CC(C)COc1ccc(S(=O)(=O)NC(C)(C)C(=O)O)cc1. The van der Waals surface area contributed by atoms with E-state index in [-0.39, 0.29) is 4.90 Å². The molecule has 0 bridgehead atoms. The van der Waals surface area contributed by atoms with Crippen LogP contribution in [0.25, 0.3) is 0 Å². The van der Waals surface area contributed by atoms with Crippen molar-refractivity contribution in [2.75, 3.05) is 6.61 Å². The summed E-state index contributed by atoms with van der Waals surface area (Å²) in [6.07, 6.45) is 0. The van der Waals surface area contributed by atoms with Crippen LogP contribution >= 0.6 is 0 Å². The van der Waals surface area contributed by atoms with Crippen LogP contribution < -0.4 is 9.46 Å². The van der Waals surface area contributed by atoms with E-state index in [0.717, 1.165) is 0 Å². The number of hydrogen-bond donors (Lipinski definition) is 2. The number of benzene rings is 1. The van der Waals surface area contributed by atoms with Gasteiger partial charge in [0.1, 0.15) is 11.3 Å². The Labute approximate surface area is 125 Å². The molecule has 0 unspecified atom stereocenters. The van der Waals surface area contributed by atoms with E-state index in [2.05, 4.69) is 4.72 Å². The van der Waals surface area contributed by atoms with Crippen LogP contribution in [0, 0.1) is 5.92 Å². The third-order valence-electron chi connectivity index (χ3n) is 2.64. The molecule has 0 spiro atoms. The smallest absolute Gasteiger partial charge is 0.324 e. The number of carboxylic acids is 1. The first-order valence-electron chi connectivity index (χ1n) is 6.55. The molecule has 0 aliphatic heterocycles. The van der Waals surface area contributed by atoms with Crippen molar-refractivity contribution < 1.29 is 23.1 Å². The monoisotopic (exact) mass is 315 g/mol. The van der Waals surface area contributed by atoms with Crippen LogP contribution in [0.15, 0.2) is 29.2 Å². The van der Waals surface area contributed by atoms with Gasteiger partial charge >= 0.3 is 5.97 Å². The van der Waals surface area contributed by atoms with Crippen LogP contribution in [0.5, 0.6) is 5.75 Å². The Hall–Kier alpha value is -1.60. The van der Waals surface area contributed by atoms with Gasteiger partial charge in [-0.15, -0.1) is 0 Å². The highest BCUT2D eigenvalue weighted by Crippen LogP contribution is 2.18. The Morgan fingerprint density at radius 2 is 1.81 bits per heavy atom. The molecule has 0 saturated heterocycles. The van der Waals surface area contributed by atoms with Crippen LogP contribution in [0.3, 0.4) is 0 Å². The third kappa shape index (κ3) is 5.02. The second-order valence-corrected chi connectivity index (χ2v) is 7.39. The molecule has 0 amide bonds. The van der Waals surface area contributed by atoms with Crippen LogP contribution in [-0.2, 0) is 14.8 Å². The first-order chi connectivity index (χ1) is 9.54. The van der Waals surface area contributed by atoms with E-state index >= 15 is 0 Å². The van der Waals surface area contributed by atoms with E-state index in [1.165, 1.54) is 26.0 Å². The zero-order valence-electron chi connectivity index (χ0n) is 12.6. The fraction of sp³-hybridized carbons (Fsp3) is 0.500. The lowest BCUT2D eigenvalue weighted by atomic mass is 10.1. The Morgan fingerprint density at radius 1 is 1.29 bits per heavy atom. The van der Waals surface area contributed by atoms with Crippen LogP contribution in [0.4, 0.5) is 0 Å². The maximum atomic E-state index is 12.1. The van der Waals surface area contributed by atoms with E-state index < -0.39 is 21.5 Å². The molecule has 0 saturated carbocycles. The summed E-state index contributed by atoms with van der Waals surface area (Å²) in [6.45, 7) is 7.13. The molecule has 2 N–H and O–H groups in total. The second-order valence-electron chi connectivity index (χ2n) is 5.71. The molecule has 0 atom stereocenters. The molecule has 0 heterocycles. The molecule has 0 radical (unpaired) electrons. The van der Waals surface area contributed by atoms with E-state index in [9.17, 15) is 13.2 Å². The van der Waals surface area contributed by atoms with Gasteiger partial charge in [0.15, 0.2) is 0 Å². The molecule has 118 valence electrons. The molecular weight excluding hydrogens is 294 g/mol. The van der Waals surface area contributed by atoms with Gasteiger partial charge in [0, 0.05) is 0 Å². The number of nitrogens with one attached hydrogen (secondary N) is 1. The minimum atomic E-state index is -3.90. The summed E-state index contributed by atoms with van der Waals surface area (Å²) in [4.78, 5) is 11.0. The summed E-state index contributed by atoms with van der Waals surface area (Å²) >= 11 is 0. The molecule has 21 heavy (non-hydrogen) atoms. The molecule has 7 heteroatoms. The van der Waals surface area contributed by atoms with E-state index in [0.29, 0.717) is 18.3 Å². The van der Waals surface area contributed by atoms with Crippen molar-refractivity contribution in [1.82, 2.24) is 4.72 Å². The van der Waals surface area contributed by atoms with Crippen LogP contribution in [0.1, 0.15) is 27.7 Å². The van der Waals surface area contributed by atoms with Crippen LogP contribution in [-0.4, -0.2) is 31.6 Å². The quantitative estimate of drug-likeness (QED) is 0.801. The second kappa shape index (κ2) is 6.44. The lowest BCUT2D eigenvalue weighted by Crippen LogP contribution is -2.49. The summed E-state index contributed by atoms with van der Waals surface area (Å²) < 4.78 is 31.8. The maximum Gasteiger partial charge on any atom is 0.324 e. The van der Waals surface area contributed by atoms with Gasteiger partial charge in [-0.3, -0.25) is 4.79 Å². The summed E-state index contributed by atoms with van der Waals surface area (Å²) in [7, 11) is -3.90. The molecule has 0 aromatic heterocycles. The predicted molar refractivity (Wildman–Crippen MR) is 78.8 cm³/mol.